The van der Waals surface area contributed by atoms with Crippen LogP contribution in [0, 0.1) is 5.92 Å². The lowest BCUT2D eigenvalue weighted by molar-refractivity contribution is -0.121. The molecular formula is C14H23N3O2S. The van der Waals surface area contributed by atoms with Crippen LogP contribution < -0.4 is 10.6 Å². The number of carbonyl (C=O) groups is 2. The Hall–Kier alpha value is -1.40. The molecule has 20 heavy (non-hydrogen) atoms. The molecule has 0 saturated heterocycles. The molecule has 1 aromatic rings. The Bertz CT molecular complexity index is 418. The van der Waals surface area contributed by atoms with Crippen molar-refractivity contribution in [2.75, 3.05) is 19.6 Å². The van der Waals surface area contributed by atoms with Crippen LogP contribution in [0.25, 0.3) is 0 Å². The molecule has 0 atom stereocenters. The van der Waals surface area contributed by atoms with Gasteiger partial charge < -0.3 is 5.32 Å². The number of imide groups is 1. The van der Waals surface area contributed by atoms with E-state index >= 15 is 0 Å². The summed E-state index contributed by atoms with van der Waals surface area (Å²) in [6.07, 6.45) is 0. The average molecular weight is 297 g/mol. The predicted octanol–water partition coefficient (Wildman–Crippen LogP) is 2.05. The second-order valence-electron chi connectivity index (χ2n) is 5.03. The van der Waals surface area contributed by atoms with Crippen molar-refractivity contribution < 1.29 is 9.59 Å². The van der Waals surface area contributed by atoms with Crippen LogP contribution in [0.4, 0.5) is 4.79 Å². The minimum atomic E-state index is -0.420. The van der Waals surface area contributed by atoms with Gasteiger partial charge in [-0.1, -0.05) is 26.8 Å². The molecule has 0 spiro atoms. The van der Waals surface area contributed by atoms with Crippen LogP contribution in [0.15, 0.2) is 17.5 Å². The molecule has 0 fully saturated rings. The predicted molar refractivity (Wildman–Crippen MR) is 81.6 cm³/mol. The zero-order chi connectivity index (χ0) is 15.0. The summed E-state index contributed by atoms with van der Waals surface area (Å²) in [7, 11) is 0. The number of nitrogens with zero attached hydrogens (tertiary/aromatic N) is 1. The molecule has 5 nitrogen and oxygen atoms in total. The molecule has 1 rings (SSSR count). The summed E-state index contributed by atoms with van der Waals surface area (Å²) in [4.78, 5) is 26.5. The Balaban J connectivity index is 2.33. The lowest BCUT2D eigenvalue weighted by atomic mass is 10.2. The molecule has 0 aliphatic carbocycles. The quantitative estimate of drug-likeness (QED) is 0.810. The van der Waals surface area contributed by atoms with E-state index in [4.69, 9.17) is 0 Å². The van der Waals surface area contributed by atoms with Crippen LogP contribution in [0.5, 0.6) is 0 Å². The topological polar surface area (TPSA) is 61.4 Å². The van der Waals surface area contributed by atoms with Crippen LogP contribution >= 0.6 is 11.3 Å². The number of carbonyl (C=O) groups excluding carboxylic acids is 2. The fraction of sp³-hybridized carbons (Fsp3) is 0.571. The van der Waals surface area contributed by atoms with Crippen molar-refractivity contribution in [1.82, 2.24) is 15.5 Å². The third kappa shape index (κ3) is 6.68. The zero-order valence-electron chi connectivity index (χ0n) is 12.3. The van der Waals surface area contributed by atoms with Crippen molar-refractivity contribution in [2.45, 2.75) is 27.3 Å². The standard InChI is InChI=1S/C14H23N3O2S/c1-4-17(9-12-6-5-7-20-12)10-13(18)16-14(19)15-8-11(2)3/h5-7,11H,4,8-10H2,1-3H3,(H2,15,16,18,19). The first-order chi connectivity index (χ1) is 9.51. The van der Waals surface area contributed by atoms with E-state index in [2.05, 4.69) is 10.6 Å². The van der Waals surface area contributed by atoms with E-state index in [1.165, 1.54) is 4.88 Å². The lowest BCUT2D eigenvalue weighted by Crippen LogP contribution is -2.45. The van der Waals surface area contributed by atoms with Gasteiger partial charge in [-0.2, -0.15) is 0 Å². The number of hydrogen-bond donors (Lipinski definition) is 2. The van der Waals surface area contributed by atoms with Gasteiger partial charge in [-0.25, -0.2) is 4.79 Å². The molecule has 3 amide bonds. The van der Waals surface area contributed by atoms with Crippen molar-refractivity contribution in [1.29, 1.82) is 0 Å². The average Bonchev–Trinajstić information content (AvgIpc) is 2.88. The molecular weight excluding hydrogens is 274 g/mol. The highest BCUT2D eigenvalue weighted by atomic mass is 32.1. The summed E-state index contributed by atoms with van der Waals surface area (Å²) in [5, 5.41) is 7.03. The van der Waals surface area contributed by atoms with Gasteiger partial charge in [0.15, 0.2) is 0 Å². The van der Waals surface area contributed by atoms with Gasteiger partial charge in [0.05, 0.1) is 6.54 Å². The number of thiophene rings is 1. The maximum atomic E-state index is 11.8. The van der Waals surface area contributed by atoms with Gasteiger partial charge in [0, 0.05) is 18.0 Å². The number of likely N-dealkylation sites (N-methyl/N-ethyl adjacent to an activating group) is 1. The molecule has 112 valence electrons. The van der Waals surface area contributed by atoms with Crippen molar-refractivity contribution >= 4 is 23.3 Å². The van der Waals surface area contributed by atoms with Crippen LogP contribution in [0.2, 0.25) is 0 Å². The van der Waals surface area contributed by atoms with Gasteiger partial charge in [-0.05, 0) is 23.9 Å². The van der Waals surface area contributed by atoms with Crippen molar-refractivity contribution in [3.05, 3.63) is 22.4 Å². The number of nitrogens with one attached hydrogen (secondary N) is 2. The van der Waals surface area contributed by atoms with Gasteiger partial charge in [0.1, 0.15) is 0 Å². The minimum Gasteiger partial charge on any atom is -0.338 e. The van der Waals surface area contributed by atoms with E-state index in [0.717, 1.165) is 13.1 Å². The molecule has 0 aromatic carbocycles. The molecule has 0 unspecified atom stereocenters. The Morgan fingerprint density at radius 1 is 1.40 bits per heavy atom. The van der Waals surface area contributed by atoms with E-state index in [1.54, 1.807) is 11.3 Å². The third-order valence-corrected chi connectivity index (χ3v) is 3.56. The fourth-order valence-electron chi connectivity index (χ4n) is 1.61. The number of hydrogen-bond acceptors (Lipinski definition) is 4. The van der Waals surface area contributed by atoms with Gasteiger partial charge in [-0.3, -0.25) is 15.0 Å². The van der Waals surface area contributed by atoms with Gasteiger partial charge >= 0.3 is 6.03 Å². The second-order valence-corrected chi connectivity index (χ2v) is 6.07. The first-order valence-corrected chi connectivity index (χ1v) is 7.71. The Labute approximate surface area is 124 Å². The Morgan fingerprint density at radius 2 is 2.15 bits per heavy atom. The second kappa shape index (κ2) is 8.71. The van der Waals surface area contributed by atoms with Crippen molar-refractivity contribution in [3.8, 4) is 0 Å². The molecule has 0 bridgehead atoms. The van der Waals surface area contributed by atoms with Crippen molar-refractivity contribution in [3.63, 3.8) is 0 Å². The van der Waals surface area contributed by atoms with E-state index in [1.807, 2.05) is 43.2 Å². The monoisotopic (exact) mass is 297 g/mol. The highest BCUT2D eigenvalue weighted by molar-refractivity contribution is 7.09. The summed E-state index contributed by atoms with van der Waals surface area (Å²) < 4.78 is 0. The normalized spacial score (nSPS) is 10.8. The van der Waals surface area contributed by atoms with E-state index in [9.17, 15) is 9.59 Å². The van der Waals surface area contributed by atoms with E-state index < -0.39 is 6.03 Å². The maximum absolute atomic E-state index is 11.8. The number of amides is 3. The SMILES string of the molecule is CCN(CC(=O)NC(=O)NCC(C)C)Cc1cccs1. The molecule has 0 aliphatic heterocycles. The van der Waals surface area contributed by atoms with E-state index in [0.29, 0.717) is 12.5 Å². The third-order valence-electron chi connectivity index (χ3n) is 2.70. The highest BCUT2D eigenvalue weighted by Crippen LogP contribution is 2.11. The molecule has 0 aliphatic rings. The summed E-state index contributed by atoms with van der Waals surface area (Å²) >= 11 is 1.67. The van der Waals surface area contributed by atoms with Crippen LogP contribution in [0.3, 0.4) is 0 Å². The molecule has 6 heteroatoms. The summed E-state index contributed by atoms with van der Waals surface area (Å²) in [6, 6.07) is 3.62. The van der Waals surface area contributed by atoms with E-state index in [-0.39, 0.29) is 12.5 Å². The summed E-state index contributed by atoms with van der Waals surface area (Å²) in [5.74, 6) is 0.0893. The Morgan fingerprint density at radius 3 is 2.70 bits per heavy atom. The number of rotatable bonds is 7. The molecule has 0 saturated carbocycles. The molecule has 1 heterocycles. The minimum absolute atomic E-state index is 0.226. The van der Waals surface area contributed by atoms with Crippen LogP contribution in [0.1, 0.15) is 25.6 Å². The highest BCUT2D eigenvalue weighted by Gasteiger charge is 2.12. The maximum Gasteiger partial charge on any atom is 0.321 e. The van der Waals surface area contributed by atoms with Crippen molar-refractivity contribution in [2.24, 2.45) is 5.92 Å². The van der Waals surface area contributed by atoms with Gasteiger partial charge in [-0.15, -0.1) is 11.3 Å². The summed E-state index contributed by atoms with van der Waals surface area (Å²) in [5.41, 5.74) is 0. The smallest absolute Gasteiger partial charge is 0.321 e. The Kier molecular flexibility index (Phi) is 7.25. The molecule has 0 radical (unpaired) electrons. The lowest BCUT2D eigenvalue weighted by Gasteiger charge is -2.18. The van der Waals surface area contributed by atoms with Gasteiger partial charge in [0.2, 0.25) is 5.91 Å². The molecule has 2 N–H and O–H groups in total. The summed E-state index contributed by atoms with van der Waals surface area (Å²) in [6.45, 7) is 8.28. The zero-order valence-corrected chi connectivity index (χ0v) is 13.1. The fourth-order valence-corrected chi connectivity index (χ4v) is 2.36. The van der Waals surface area contributed by atoms with Crippen LogP contribution in [-0.4, -0.2) is 36.5 Å². The largest absolute Gasteiger partial charge is 0.338 e. The van der Waals surface area contributed by atoms with Gasteiger partial charge in [0.25, 0.3) is 0 Å². The molecule has 1 aromatic heterocycles. The first-order valence-electron chi connectivity index (χ1n) is 6.83. The first kappa shape index (κ1) is 16.7. The van der Waals surface area contributed by atoms with Crippen LogP contribution in [-0.2, 0) is 11.3 Å². The number of urea groups is 1.